The molecule has 1 N–H and O–H groups in total. The van der Waals surface area contributed by atoms with Crippen molar-refractivity contribution in [2.75, 3.05) is 33.5 Å². The van der Waals surface area contributed by atoms with Crippen LogP contribution in [-0.2, 0) is 9.53 Å². The highest BCUT2D eigenvalue weighted by Crippen LogP contribution is 2.28. The molecule has 1 aromatic carbocycles. The zero-order valence-electron chi connectivity index (χ0n) is 16.0. The van der Waals surface area contributed by atoms with E-state index in [2.05, 4.69) is 24.1 Å². The minimum atomic E-state index is -0.178. The highest BCUT2D eigenvalue weighted by atomic mass is 16.5. The highest BCUT2D eigenvalue weighted by Gasteiger charge is 2.09. The second-order valence-corrected chi connectivity index (χ2v) is 6.58. The monoisotopic (exact) mass is 360 g/mol. The van der Waals surface area contributed by atoms with Crippen molar-refractivity contribution in [3.8, 4) is 11.5 Å². The van der Waals surface area contributed by atoms with Crippen LogP contribution in [-0.4, -0.2) is 44.4 Å². The zero-order chi connectivity index (χ0) is 18.9. The molecule has 0 saturated carbocycles. The van der Waals surface area contributed by atoms with Crippen molar-refractivity contribution in [1.82, 2.24) is 10.3 Å². The molecule has 2 rings (SSSR count). The van der Waals surface area contributed by atoms with E-state index < -0.39 is 0 Å². The van der Waals surface area contributed by atoms with E-state index in [0.29, 0.717) is 31.4 Å². The molecule has 6 nitrogen and oxygen atoms in total. The number of nitrogens with zero attached hydrogens (tertiary/aromatic N) is 1. The number of carbonyl (C=O) groups is 1. The number of rotatable bonds is 10. The molecule has 0 fully saturated rings. The molecule has 0 spiro atoms. The molecule has 1 amide bonds. The fraction of sp³-hybridized carbons (Fsp3) is 0.500. The third kappa shape index (κ3) is 6.19. The minimum Gasteiger partial charge on any atom is -0.497 e. The molecule has 2 aromatic rings. The molecule has 0 bridgehead atoms. The molecule has 26 heavy (non-hydrogen) atoms. The van der Waals surface area contributed by atoms with Gasteiger partial charge in [0.05, 0.1) is 19.2 Å². The Bertz CT molecular complexity index is 731. The van der Waals surface area contributed by atoms with Gasteiger partial charge in [0.2, 0.25) is 0 Å². The molecule has 0 atom stereocenters. The molecule has 0 saturated heterocycles. The number of nitrogens with one attached hydrogen (secondary N) is 1. The SMILES string of the molecule is COc1ccc2nc(C)cc(OCC(=O)NCCOCCC(C)C)c2c1. The quantitative estimate of drug-likeness (QED) is 0.659. The number of ether oxygens (including phenoxy) is 3. The molecule has 1 heterocycles. The van der Waals surface area contributed by atoms with Crippen LogP contribution in [0.4, 0.5) is 0 Å². The molecule has 1 aromatic heterocycles. The summed E-state index contributed by atoms with van der Waals surface area (Å²) in [5.41, 5.74) is 1.64. The normalized spacial score (nSPS) is 11.0. The van der Waals surface area contributed by atoms with E-state index in [9.17, 15) is 4.79 Å². The number of pyridine rings is 1. The van der Waals surface area contributed by atoms with Gasteiger partial charge in [-0.15, -0.1) is 0 Å². The van der Waals surface area contributed by atoms with Crippen LogP contribution in [0.2, 0.25) is 0 Å². The molecule has 142 valence electrons. The van der Waals surface area contributed by atoms with Crippen LogP contribution in [0.3, 0.4) is 0 Å². The number of carbonyl (C=O) groups excluding carboxylic acids is 1. The lowest BCUT2D eigenvalue weighted by Crippen LogP contribution is -2.31. The van der Waals surface area contributed by atoms with Crippen molar-refractivity contribution in [2.24, 2.45) is 5.92 Å². The van der Waals surface area contributed by atoms with Crippen LogP contribution in [0.15, 0.2) is 24.3 Å². The average molecular weight is 360 g/mol. The summed E-state index contributed by atoms with van der Waals surface area (Å²) in [6, 6.07) is 7.41. The Kier molecular flexibility index (Phi) is 7.66. The summed E-state index contributed by atoms with van der Waals surface area (Å²) in [5, 5.41) is 3.62. The summed E-state index contributed by atoms with van der Waals surface area (Å²) in [6.45, 7) is 7.85. The smallest absolute Gasteiger partial charge is 0.258 e. The van der Waals surface area contributed by atoms with Crippen LogP contribution in [0.1, 0.15) is 26.0 Å². The van der Waals surface area contributed by atoms with Crippen LogP contribution < -0.4 is 14.8 Å². The number of fused-ring (bicyclic) bond motifs is 1. The van der Waals surface area contributed by atoms with Crippen molar-refractivity contribution in [2.45, 2.75) is 27.2 Å². The molecule has 6 heteroatoms. The van der Waals surface area contributed by atoms with Crippen molar-refractivity contribution < 1.29 is 19.0 Å². The first-order valence-electron chi connectivity index (χ1n) is 8.92. The van der Waals surface area contributed by atoms with E-state index in [1.807, 2.05) is 31.2 Å². The number of aryl methyl sites for hydroxylation is 1. The molecule has 0 aliphatic heterocycles. The maximum Gasteiger partial charge on any atom is 0.258 e. The van der Waals surface area contributed by atoms with Crippen LogP contribution in [0.5, 0.6) is 11.5 Å². The Labute approximate surface area is 154 Å². The maximum atomic E-state index is 12.0. The Balaban J connectivity index is 1.85. The highest BCUT2D eigenvalue weighted by molar-refractivity contribution is 5.87. The van der Waals surface area contributed by atoms with E-state index >= 15 is 0 Å². The number of methoxy groups -OCH3 is 1. The molecule has 0 radical (unpaired) electrons. The number of hydrogen-bond donors (Lipinski definition) is 1. The lowest BCUT2D eigenvalue weighted by atomic mass is 10.1. The molecule has 0 unspecified atom stereocenters. The van der Waals surface area contributed by atoms with Gasteiger partial charge in [-0.3, -0.25) is 9.78 Å². The Morgan fingerprint density at radius 2 is 2.04 bits per heavy atom. The number of aromatic nitrogens is 1. The van der Waals surface area contributed by atoms with Gasteiger partial charge in [0.1, 0.15) is 11.5 Å². The average Bonchev–Trinajstić information content (AvgIpc) is 2.61. The summed E-state index contributed by atoms with van der Waals surface area (Å²) in [6.07, 6.45) is 1.02. The first-order chi connectivity index (χ1) is 12.5. The largest absolute Gasteiger partial charge is 0.497 e. The summed E-state index contributed by atoms with van der Waals surface area (Å²) in [4.78, 5) is 16.4. The Morgan fingerprint density at radius 3 is 2.77 bits per heavy atom. The van der Waals surface area contributed by atoms with E-state index in [0.717, 1.165) is 28.8 Å². The van der Waals surface area contributed by atoms with Crippen molar-refractivity contribution in [3.05, 3.63) is 30.0 Å². The third-order valence-electron chi connectivity index (χ3n) is 3.87. The van der Waals surface area contributed by atoms with Gasteiger partial charge in [-0.05, 0) is 37.5 Å². The summed E-state index contributed by atoms with van der Waals surface area (Å²) < 4.78 is 16.5. The van der Waals surface area contributed by atoms with E-state index in [4.69, 9.17) is 14.2 Å². The maximum absolute atomic E-state index is 12.0. The van der Waals surface area contributed by atoms with Crippen molar-refractivity contribution in [1.29, 1.82) is 0 Å². The van der Waals surface area contributed by atoms with Gasteiger partial charge >= 0.3 is 0 Å². The predicted molar refractivity (Wildman–Crippen MR) is 102 cm³/mol. The van der Waals surface area contributed by atoms with Gasteiger partial charge < -0.3 is 19.5 Å². The first-order valence-corrected chi connectivity index (χ1v) is 8.92. The standard InChI is InChI=1S/C20H28N2O4/c1-14(2)7-9-25-10-8-21-20(23)13-26-19-11-15(3)22-18-6-5-16(24-4)12-17(18)19/h5-6,11-12,14H,7-10,13H2,1-4H3,(H,21,23). The Hall–Kier alpha value is -2.34. The van der Waals surface area contributed by atoms with E-state index in [-0.39, 0.29) is 12.5 Å². The lowest BCUT2D eigenvalue weighted by molar-refractivity contribution is -0.123. The topological polar surface area (TPSA) is 69.7 Å². The van der Waals surface area contributed by atoms with Gasteiger partial charge in [0, 0.05) is 30.3 Å². The molecular weight excluding hydrogens is 332 g/mol. The molecular formula is C20H28N2O4. The van der Waals surface area contributed by atoms with Crippen LogP contribution in [0, 0.1) is 12.8 Å². The van der Waals surface area contributed by atoms with Gasteiger partial charge in [-0.25, -0.2) is 0 Å². The van der Waals surface area contributed by atoms with E-state index in [1.54, 1.807) is 7.11 Å². The second-order valence-electron chi connectivity index (χ2n) is 6.58. The predicted octanol–water partition coefficient (Wildman–Crippen LogP) is 3.11. The number of amides is 1. The zero-order valence-corrected chi connectivity index (χ0v) is 16.0. The summed E-state index contributed by atoms with van der Waals surface area (Å²) >= 11 is 0. The van der Waals surface area contributed by atoms with Crippen LogP contribution >= 0.6 is 0 Å². The third-order valence-corrected chi connectivity index (χ3v) is 3.87. The summed E-state index contributed by atoms with van der Waals surface area (Å²) in [5.74, 6) is 1.78. The number of benzene rings is 1. The Morgan fingerprint density at radius 1 is 1.23 bits per heavy atom. The van der Waals surface area contributed by atoms with Gasteiger partial charge in [0.25, 0.3) is 5.91 Å². The van der Waals surface area contributed by atoms with Crippen molar-refractivity contribution in [3.63, 3.8) is 0 Å². The first kappa shape index (κ1) is 20.0. The molecule has 0 aliphatic rings. The van der Waals surface area contributed by atoms with Crippen LogP contribution in [0.25, 0.3) is 10.9 Å². The number of hydrogen-bond acceptors (Lipinski definition) is 5. The molecule has 0 aliphatic carbocycles. The fourth-order valence-electron chi connectivity index (χ4n) is 2.42. The van der Waals surface area contributed by atoms with Gasteiger partial charge in [0.15, 0.2) is 6.61 Å². The van der Waals surface area contributed by atoms with E-state index in [1.165, 1.54) is 0 Å². The van der Waals surface area contributed by atoms with Gasteiger partial charge in [-0.2, -0.15) is 0 Å². The second kappa shape index (κ2) is 9.97. The van der Waals surface area contributed by atoms with Gasteiger partial charge in [-0.1, -0.05) is 13.8 Å². The fourth-order valence-corrected chi connectivity index (χ4v) is 2.42. The van der Waals surface area contributed by atoms with Crippen molar-refractivity contribution >= 4 is 16.8 Å². The lowest BCUT2D eigenvalue weighted by Gasteiger charge is -2.12. The summed E-state index contributed by atoms with van der Waals surface area (Å²) in [7, 11) is 1.61. The minimum absolute atomic E-state index is 0.0538.